The minimum Gasteiger partial charge on any atom is -0.267 e. The number of hydrogen-bond donors (Lipinski definition) is 0. The van der Waals surface area contributed by atoms with Crippen LogP contribution >= 0.6 is 0 Å². The zero-order chi connectivity index (χ0) is 8.74. The van der Waals surface area contributed by atoms with Crippen LogP contribution in [0.5, 0.6) is 0 Å². The lowest BCUT2D eigenvalue weighted by atomic mass is 10.3. The van der Waals surface area contributed by atoms with Crippen LogP contribution in [0.3, 0.4) is 0 Å². The van der Waals surface area contributed by atoms with Gasteiger partial charge in [0.25, 0.3) is 10.1 Å². The summed E-state index contributed by atoms with van der Waals surface area (Å²) in [6.45, 7) is 6.78. The van der Waals surface area contributed by atoms with Crippen molar-refractivity contribution in [2.45, 2.75) is 12.8 Å². The van der Waals surface area contributed by atoms with Gasteiger partial charge in [-0.3, -0.25) is 4.18 Å². The van der Waals surface area contributed by atoms with Crippen molar-refractivity contribution in [3.8, 4) is 0 Å². The quantitative estimate of drug-likeness (QED) is 0.349. The van der Waals surface area contributed by atoms with Crippen molar-refractivity contribution in [3.63, 3.8) is 0 Å². The molecule has 0 bridgehead atoms. The second kappa shape index (κ2) is 5.09. The van der Waals surface area contributed by atoms with Crippen LogP contribution in [-0.2, 0) is 14.3 Å². The molecule has 11 heavy (non-hydrogen) atoms. The highest BCUT2D eigenvalue weighted by Gasteiger charge is 2.02. The monoisotopic (exact) mass is 176 g/mol. The average Bonchev–Trinajstić information content (AvgIpc) is 1.99. The second-order valence-corrected chi connectivity index (χ2v) is 3.47. The standard InChI is InChI=1S/C7H12O3S/c1-3-5-6-7-10-11(8,9)4-2/h3-4H,1-2,5-7H2. The van der Waals surface area contributed by atoms with Gasteiger partial charge in [0.15, 0.2) is 0 Å². The summed E-state index contributed by atoms with van der Waals surface area (Å²) in [7, 11) is -3.47. The van der Waals surface area contributed by atoms with Gasteiger partial charge in [0.05, 0.1) is 12.0 Å². The summed E-state index contributed by atoms with van der Waals surface area (Å²) in [4.78, 5) is 0. The van der Waals surface area contributed by atoms with Crippen molar-refractivity contribution < 1.29 is 12.6 Å². The Morgan fingerprint density at radius 1 is 1.36 bits per heavy atom. The topological polar surface area (TPSA) is 43.4 Å². The Balaban J connectivity index is 3.54. The first-order chi connectivity index (χ1) is 5.12. The maximum absolute atomic E-state index is 10.6. The van der Waals surface area contributed by atoms with Gasteiger partial charge in [-0.2, -0.15) is 8.42 Å². The van der Waals surface area contributed by atoms with Crippen LogP contribution in [0.25, 0.3) is 0 Å². The highest BCUT2D eigenvalue weighted by molar-refractivity contribution is 7.89. The molecule has 0 aliphatic carbocycles. The summed E-state index contributed by atoms with van der Waals surface area (Å²) in [5, 5.41) is 0.793. The molecular weight excluding hydrogens is 164 g/mol. The third kappa shape index (κ3) is 5.82. The molecule has 0 aromatic carbocycles. The van der Waals surface area contributed by atoms with E-state index >= 15 is 0 Å². The number of allylic oxidation sites excluding steroid dienone is 1. The molecule has 0 aromatic rings. The SMILES string of the molecule is C=CCCCOS(=O)(=O)C=C. The average molecular weight is 176 g/mol. The maximum Gasteiger partial charge on any atom is 0.289 e. The van der Waals surface area contributed by atoms with Crippen molar-refractivity contribution in [2.24, 2.45) is 0 Å². The van der Waals surface area contributed by atoms with Gasteiger partial charge in [-0.15, -0.1) is 6.58 Å². The van der Waals surface area contributed by atoms with E-state index in [9.17, 15) is 8.42 Å². The molecule has 0 atom stereocenters. The summed E-state index contributed by atoms with van der Waals surface area (Å²) in [6.07, 6.45) is 3.13. The van der Waals surface area contributed by atoms with E-state index < -0.39 is 10.1 Å². The minimum atomic E-state index is -3.47. The molecule has 0 N–H and O–H groups in total. The minimum absolute atomic E-state index is 0.195. The molecule has 0 aliphatic rings. The van der Waals surface area contributed by atoms with E-state index in [1.165, 1.54) is 0 Å². The van der Waals surface area contributed by atoms with Crippen LogP contribution in [0.1, 0.15) is 12.8 Å². The molecule has 64 valence electrons. The molecule has 0 spiro atoms. The largest absolute Gasteiger partial charge is 0.289 e. The van der Waals surface area contributed by atoms with E-state index in [-0.39, 0.29) is 6.61 Å². The molecule has 0 fully saturated rings. The zero-order valence-electron chi connectivity index (χ0n) is 6.32. The summed E-state index contributed by atoms with van der Waals surface area (Å²) >= 11 is 0. The van der Waals surface area contributed by atoms with Gasteiger partial charge in [-0.1, -0.05) is 12.7 Å². The van der Waals surface area contributed by atoms with Crippen molar-refractivity contribution in [3.05, 3.63) is 24.6 Å². The lowest BCUT2D eigenvalue weighted by Gasteiger charge is -1.97. The Labute approximate surface area is 67.5 Å². The maximum atomic E-state index is 10.6. The van der Waals surface area contributed by atoms with E-state index in [1.807, 2.05) is 0 Å². The predicted molar refractivity (Wildman–Crippen MR) is 44.5 cm³/mol. The fourth-order valence-corrected chi connectivity index (χ4v) is 0.897. The third-order valence-electron chi connectivity index (χ3n) is 1.00. The first-order valence-electron chi connectivity index (χ1n) is 3.25. The molecule has 0 aliphatic heterocycles. The van der Waals surface area contributed by atoms with Gasteiger partial charge in [-0.05, 0) is 12.8 Å². The van der Waals surface area contributed by atoms with E-state index in [0.29, 0.717) is 6.42 Å². The van der Waals surface area contributed by atoms with Gasteiger partial charge in [-0.25, -0.2) is 0 Å². The molecule has 3 nitrogen and oxygen atoms in total. The lowest BCUT2D eigenvalue weighted by molar-refractivity contribution is 0.319. The lowest BCUT2D eigenvalue weighted by Crippen LogP contribution is -2.02. The summed E-state index contributed by atoms with van der Waals surface area (Å²) in [6, 6.07) is 0. The van der Waals surface area contributed by atoms with Gasteiger partial charge >= 0.3 is 0 Å². The molecular formula is C7H12O3S. The van der Waals surface area contributed by atoms with E-state index in [0.717, 1.165) is 11.8 Å². The molecule has 0 saturated carbocycles. The number of hydrogen-bond acceptors (Lipinski definition) is 3. The van der Waals surface area contributed by atoms with Gasteiger partial charge in [0.2, 0.25) is 0 Å². The van der Waals surface area contributed by atoms with Gasteiger partial charge < -0.3 is 0 Å². The molecule has 0 rings (SSSR count). The Hall–Kier alpha value is -0.610. The Morgan fingerprint density at radius 2 is 2.00 bits per heavy atom. The van der Waals surface area contributed by atoms with Crippen LogP contribution in [0, 0.1) is 0 Å². The smallest absolute Gasteiger partial charge is 0.267 e. The molecule has 4 heteroatoms. The van der Waals surface area contributed by atoms with E-state index in [1.54, 1.807) is 6.08 Å². The van der Waals surface area contributed by atoms with Crippen molar-refractivity contribution in [1.29, 1.82) is 0 Å². The fourth-order valence-electron chi connectivity index (χ4n) is 0.451. The molecule has 0 aromatic heterocycles. The molecule has 0 unspecified atom stereocenters. The van der Waals surface area contributed by atoms with E-state index in [2.05, 4.69) is 17.3 Å². The van der Waals surface area contributed by atoms with E-state index in [4.69, 9.17) is 0 Å². The Bertz CT molecular complexity index is 216. The number of rotatable bonds is 6. The third-order valence-corrected chi connectivity index (χ3v) is 1.91. The Morgan fingerprint density at radius 3 is 2.45 bits per heavy atom. The summed E-state index contributed by atoms with van der Waals surface area (Å²) in [5.41, 5.74) is 0. The van der Waals surface area contributed by atoms with Crippen LogP contribution in [-0.4, -0.2) is 15.0 Å². The summed E-state index contributed by atoms with van der Waals surface area (Å²) < 4.78 is 25.7. The normalized spacial score (nSPS) is 10.9. The highest BCUT2D eigenvalue weighted by atomic mass is 32.2. The fraction of sp³-hybridized carbons (Fsp3) is 0.429. The molecule has 0 amide bonds. The Kier molecular flexibility index (Phi) is 4.81. The predicted octanol–water partition coefficient (Wildman–Crippen LogP) is 1.44. The van der Waals surface area contributed by atoms with Crippen molar-refractivity contribution >= 4 is 10.1 Å². The first kappa shape index (κ1) is 10.4. The van der Waals surface area contributed by atoms with Gasteiger partial charge in [0.1, 0.15) is 0 Å². The summed E-state index contributed by atoms with van der Waals surface area (Å²) in [5.74, 6) is 0. The molecule has 0 saturated heterocycles. The molecule has 0 radical (unpaired) electrons. The van der Waals surface area contributed by atoms with Gasteiger partial charge in [0, 0.05) is 0 Å². The van der Waals surface area contributed by atoms with Crippen LogP contribution in [0.15, 0.2) is 24.6 Å². The van der Waals surface area contributed by atoms with Crippen molar-refractivity contribution in [2.75, 3.05) is 6.61 Å². The van der Waals surface area contributed by atoms with Crippen LogP contribution in [0.4, 0.5) is 0 Å². The van der Waals surface area contributed by atoms with Crippen LogP contribution < -0.4 is 0 Å². The number of unbranched alkanes of at least 4 members (excludes halogenated alkanes) is 1. The first-order valence-corrected chi connectivity index (χ1v) is 4.72. The molecule has 0 heterocycles. The van der Waals surface area contributed by atoms with Crippen LogP contribution in [0.2, 0.25) is 0 Å². The van der Waals surface area contributed by atoms with Crippen molar-refractivity contribution in [1.82, 2.24) is 0 Å². The highest BCUT2D eigenvalue weighted by Crippen LogP contribution is 1.97. The zero-order valence-corrected chi connectivity index (χ0v) is 7.14. The second-order valence-electron chi connectivity index (χ2n) is 1.91.